The van der Waals surface area contributed by atoms with E-state index in [0.717, 1.165) is 0 Å². The molecular formula is C13H20O4S2. The lowest BCUT2D eigenvalue weighted by Crippen LogP contribution is -2.20. The van der Waals surface area contributed by atoms with Gasteiger partial charge in [-0.25, -0.2) is 8.42 Å². The van der Waals surface area contributed by atoms with Crippen molar-refractivity contribution in [2.75, 3.05) is 5.75 Å². The van der Waals surface area contributed by atoms with E-state index in [0.29, 0.717) is 17.7 Å². The maximum absolute atomic E-state index is 12.0. The third-order valence-corrected chi connectivity index (χ3v) is 5.35. The van der Waals surface area contributed by atoms with Crippen LogP contribution in [0, 0.1) is 0 Å². The molecular weight excluding hydrogens is 284 g/mol. The van der Waals surface area contributed by atoms with Gasteiger partial charge >= 0.3 is 0 Å². The zero-order valence-corrected chi connectivity index (χ0v) is 12.7. The fourth-order valence-electron chi connectivity index (χ4n) is 1.66. The maximum Gasteiger partial charge on any atom is 0.180 e. The molecule has 6 heteroatoms. The van der Waals surface area contributed by atoms with Gasteiger partial charge in [0.2, 0.25) is 0 Å². The van der Waals surface area contributed by atoms with E-state index >= 15 is 0 Å². The first-order valence-electron chi connectivity index (χ1n) is 6.11. The molecule has 2 atom stereocenters. The predicted octanol–water partition coefficient (Wildman–Crippen LogP) is 1.58. The van der Waals surface area contributed by atoms with E-state index in [1.807, 2.05) is 0 Å². The van der Waals surface area contributed by atoms with Gasteiger partial charge in [0, 0.05) is 0 Å². The highest BCUT2D eigenvalue weighted by molar-refractivity contribution is 7.92. The van der Waals surface area contributed by atoms with Gasteiger partial charge in [-0.1, -0.05) is 12.1 Å². The summed E-state index contributed by atoms with van der Waals surface area (Å²) < 4.78 is 24.1. The summed E-state index contributed by atoms with van der Waals surface area (Å²) in [5, 5.41) is 19.2. The number of benzene rings is 1. The molecule has 1 aromatic carbocycles. The second-order valence-corrected chi connectivity index (χ2v) is 7.64. The standard InChI is InChI=1S/C13H20O4S2/c1-9(2)19(16,17)11-5-3-4-10(8-11)13(15)12(14)6-7-18/h3-5,8-9,12-15,18H,6-7H2,1-2H3. The number of thiol groups is 1. The second kappa shape index (κ2) is 6.74. The summed E-state index contributed by atoms with van der Waals surface area (Å²) in [6, 6.07) is 6.09. The molecule has 2 unspecified atom stereocenters. The first kappa shape index (κ1) is 16.5. The Morgan fingerprint density at radius 1 is 1.26 bits per heavy atom. The summed E-state index contributed by atoms with van der Waals surface area (Å²) in [5.41, 5.74) is 0.399. The number of aliphatic hydroxyl groups is 2. The Morgan fingerprint density at radius 2 is 1.89 bits per heavy atom. The number of aliphatic hydroxyl groups excluding tert-OH is 2. The van der Waals surface area contributed by atoms with Crippen LogP contribution in [0.3, 0.4) is 0 Å². The number of sulfone groups is 1. The van der Waals surface area contributed by atoms with E-state index in [-0.39, 0.29) is 4.90 Å². The van der Waals surface area contributed by atoms with E-state index < -0.39 is 27.3 Å². The molecule has 0 fully saturated rings. The molecule has 0 spiro atoms. The van der Waals surface area contributed by atoms with Crippen molar-refractivity contribution in [3.05, 3.63) is 29.8 Å². The van der Waals surface area contributed by atoms with Gasteiger partial charge in [0.1, 0.15) is 6.10 Å². The molecule has 2 N–H and O–H groups in total. The zero-order chi connectivity index (χ0) is 14.6. The van der Waals surface area contributed by atoms with Crippen molar-refractivity contribution in [3.63, 3.8) is 0 Å². The molecule has 0 radical (unpaired) electrons. The van der Waals surface area contributed by atoms with Crippen LogP contribution < -0.4 is 0 Å². The molecule has 0 saturated carbocycles. The van der Waals surface area contributed by atoms with Gasteiger partial charge < -0.3 is 10.2 Å². The van der Waals surface area contributed by atoms with Gasteiger partial charge in [0.25, 0.3) is 0 Å². The minimum absolute atomic E-state index is 0.164. The van der Waals surface area contributed by atoms with Crippen LogP contribution in [0.2, 0.25) is 0 Å². The van der Waals surface area contributed by atoms with Gasteiger partial charge in [0.05, 0.1) is 16.2 Å². The van der Waals surface area contributed by atoms with Crippen molar-refractivity contribution in [1.29, 1.82) is 0 Å². The van der Waals surface area contributed by atoms with Crippen LogP contribution in [-0.2, 0) is 9.84 Å². The summed E-state index contributed by atoms with van der Waals surface area (Å²) in [6.45, 7) is 3.21. The first-order valence-corrected chi connectivity index (χ1v) is 8.29. The molecule has 0 amide bonds. The first-order chi connectivity index (χ1) is 8.80. The monoisotopic (exact) mass is 304 g/mol. The summed E-state index contributed by atoms with van der Waals surface area (Å²) in [5.74, 6) is 0.447. The molecule has 0 aliphatic carbocycles. The lowest BCUT2D eigenvalue weighted by atomic mass is 10.0. The van der Waals surface area contributed by atoms with Crippen molar-refractivity contribution >= 4 is 22.5 Å². The molecule has 0 aliphatic heterocycles. The molecule has 0 saturated heterocycles. The van der Waals surface area contributed by atoms with Crippen molar-refractivity contribution < 1.29 is 18.6 Å². The topological polar surface area (TPSA) is 74.6 Å². The maximum atomic E-state index is 12.0. The molecule has 0 bridgehead atoms. The second-order valence-electron chi connectivity index (χ2n) is 4.69. The number of rotatable bonds is 6. The minimum Gasteiger partial charge on any atom is -0.390 e. The van der Waals surface area contributed by atoms with Crippen LogP contribution >= 0.6 is 12.6 Å². The Morgan fingerprint density at radius 3 is 2.42 bits per heavy atom. The molecule has 1 aromatic rings. The Balaban J connectivity index is 3.08. The fourth-order valence-corrected chi connectivity index (χ4v) is 3.04. The molecule has 0 aliphatic rings. The van der Waals surface area contributed by atoms with Crippen molar-refractivity contribution in [2.24, 2.45) is 0 Å². The fraction of sp³-hybridized carbons (Fsp3) is 0.538. The summed E-state index contributed by atoms with van der Waals surface area (Å²) in [4.78, 5) is 0.164. The van der Waals surface area contributed by atoms with Crippen LogP contribution in [0.1, 0.15) is 31.9 Å². The number of hydrogen-bond donors (Lipinski definition) is 3. The largest absolute Gasteiger partial charge is 0.390 e. The van der Waals surface area contributed by atoms with Crippen LogP contribution in [0.4, 0.5) is 0 Å². The average Bonchev–Trinajstić information content (AvgIpc) is 2.38. The van der Waals surface area contributed by atoms with E-state index in [4.69, 9.17) is 0 Å². The molecule has 0 heterocycles. The molecule has 0 aromatic heterocycles. The van der Waals surface area contributed by atoms with Crippen LogP contribution in [0.5, 0.6) is 0 Å². The summed E-state index contributed by atoms with van der Waals surface area (Å²) in [6.07, 6.45) is -1.71. The lowest BCUT2D eigenvalue weighted by Gasteiger charge is -2.18. The smallest absolute Gasteiger partial charge is 0.180 e. The predicted molar refractivity (Wildman–Crippen MR) is 78.2 cm³/mol. The third kappa shape index (κ3) is 3.95. The van der Waals surface area contributed by atoms with Crippen LogP contribution in [-0.4, -0.2) is 35.7 Å². The van der Waals surface area contributed by atoms with E-state index in [2.05, 4.69) is 12.6 Å². The van der Waals surface area contributed by atoms with Gasteiger partial charge in [-0.3, -0.25) is 0 Å². The van der Waals surface area contributed by atoms with Gasteiger partial charge in [0.15, 0.2) is 9.84 Å². The Kier molecular flexibility index (Phi) is 5.85. The van der Waals surface area contributed by atoms with Crippen molar-refractivity contribution in [3.8, 4) is 0 Å². The van der Waals surface area contributed by atoms with E-state index in [1.54, 1.807) is 26.0 Å². The zero-order valence-electron chi connectivity index (χ0n) is 11.0. The lowest BCUT2D eigenvalue weighted by molar-refractivity contribution is 0.0171. The Bertz CT molecular complexity index is 511. The van der Waals surface area contributed by atoms with Crippen molar-refractivity contribution in [1.82, 2.24) is 0 Å². The minimum atomic E-state index is -3.38. The SMILES string of the molecule is CC(C)S(=O)(=O)c1cccc(C(O)C(O)CCS)c1. The summed E-state index contributed by atoms with van der Waals surface area (Å²) in [7, 11) is -3.38. The molecule has 1 rings (SSSR count). The highest BCUT2D eigenvalue weighted by Crippen LogP contribution is 2.24. The van der Waals surface area contributed by atoms with Gasteiger partial charge in [-0.05, 0) is 43.7 Å². The molecule has 19 heavy (non-hydrogen) atoms. The quantitative estimate of drug-likeness (QED) is 0.698. The normalized spacial score (nSPS) is 15.5. The van der Waals surface area contributed by atoms with E-state index in [1.165, 1.54) is 12.1 Å². The average molecular weight is 304 g/mol. The summed E-state index contributed by atoms with van der Waals surface area (Å²) >= 11 is 3.99. The van der Waals surface area contributed by atoms with E-state index in [9.17, 15) is 18.6 Å². The Labute approximate surface area is 119 Å². The highest BCUT2D eigenvalue weighted by Gasteiger charge is 2.22. The van der Waals surface area contributed by atoms with Gasteiger partial charge in [-0.2, -0.15) is 12.6 Å². The molecule has 108 valence electrons. The number of hydrogen-bond acceptors (Lipinski definition) is 5. The van der Waals surface area contributed by atoms with Crippen molar-refractivity contribution in [2.45, 2.75) is 42.6 Å². The van der Waals surface area contributed by atoms with Crippen LogP contribution in [0.25, 0.3) is 0 Å². The highest BCUT2D eigenvalue weighted by atomic mass is 32.2. The Hall–Kier alpha value is -0.560. The molecule has 4 nitrogen and oxygen atoms in total. The third-order valence-electron chi connectivity index (χ3n) is 2.94. The van der Waals surface area contributed by atoms with Gasteiger partial charge in [-0.15, -0.1) is 0 Å². The van der Waals surface area contributed by atoms with Crippen LogP contribution in [0.15, 0.2) is 29.2 Å².